The molecule has 0 aliphatic rings. The summed E-state index contributed by atoms with van der Waals surface area (Å²) in [6.45, 7) is 0. The number of aliphatic hydroxyl groups is 1. The number of hydrazone groups is 1. The van der Waals surface area contributed by atoms with Crippen LogP contribution in [0.15, 0.2) is 77.9 Å². The number of ether oxygens (including phenoxy) is 1. The summed E-state index contributed by atoms with van der Waals surface area (Å²) in [4.78, 5) is 24.2. The lowest BCUT2D eigenvalue weighted by atomic mass is 10.1. The van der Waals surface area contributed by atoms with Gasteiger partial charge in [-0.05, 0) is 53.6 Å². The number of nitrogens with one attached hydrogen (secondary N) is 1. The van der Waals surface area contributed by atoms with E-state index in [1.54, 1.807) is 60.7 Å². The second kappa shape index (κ2) is 10.0. The fourth-order valence-corrected chi connectivity index (χ4v) is 2.94. The van der Waals surface area contributed by atoms with E-state index in [0.29, 0.717) is 21.9 Å². The normalized spacial score (nSPS) is 11.8. The Morgan fingerprint density at radius 2 is 1.70 bits per heavy atom. The molecule has 6 nitrogen and oxygen atoms in total. The second-order valence-electron chi connectivity index (χ2n) is 6.13. The highest BCUT2D eigenvalue weighted by atomic mass is 35.5. The van der Waals surface area contributed by atoms with E-state index in [-0.39, 0.29) is 10.6 Å². The van der Waals surface area contributed by atoms with Gasteiger partial charge in [0, 0.05) is 5.02 Å². The molecule has 30 heavy (non-hydrogen) atoms. The van der Waals surface area contributed by atoms with Crippen LogP contribution in [-0.2, 0) is 4.79 Å². The summed E-state index contributed by atoms with van der Waals surface area (Å²) in [6.07, 6.45) is 0.0851. The molecule has 0 bridgehead atoms. The van der Waals surface area contributed by atoms with Crippen molar-refractivity contribution in [2.45, 2.75) is 6.10 Å². The minimum Gasteiger partial charge on any atom is -0.423 e. The SMILES string of the molecule is O=C(Oc1ccc(/C=N\NC(=O)[C@H](O)c2ccccc2)cc1)c1ccc(Cl)cc1Cl. The van der Waals surface area contributed by atoms with Crippen molar-refractivity contribution in [3.8, 4) is 5.75 Å². The smallest absolute Gasteiger partial charge is 0.345 e. The van der Waals surface area contributed by atoms with E-state index in [4.69, 9.17) is 27.9 Å². The molecule has 3 aromatic carbocycles. The minimum absolute atomic E-state index is 0.199. The average molecular weight is 443 g/mol. The molecule has 0 aliphatic heterocycles. The predicted molar refractivity (Wildman–Crippen MR) is 115 cm³/mol. The minimum atomic E-state index is -1.31. The van der Waals surface area contributed by atoms with Gasteiger partial charge in [0.25, 0.3) is 5.91 Å². The van der Waals surface area contributed by atoms with Crippen molar-refractivity contribution in [2.75, 3.05) is 0 Å². The van der Waals surface area contributed by atoms with Crippen LogP contribution >= 0.6 is 23.2 Å². The van der Waals surface area contributed by atoms with E-state index in [1.165, 1.54) is 18.3 Å². The van der Waals surface area contributed by atoms with Gasteiger partial charge < -0.3 is 9.84 Å². The predicted octanol–water partition coefficient (Wildman–Crippen LogP) is 4.40. The van der Waals surface area contributed by atoms with Crippen molar-refractivity contribution in [1.82, 2.24) is 5.43 Å². The van der Waals surface area contributed by atoms with Crippen molar-refractivity contribution >= 4 is 41.3 Å². The first kappa shape index (κ1) is 21.5. The molecule has 152 valence electrons. The summed E-state index contributed by atoms with van der Waals surface area (Å²) in [7, 11) is 0. The van der Waals surface area contributed by atoms with Gasteiger partial charge in [0.15, 0.2) is 6.10 Å². The molecule has 0 aliphatic carbocycles. The maximum Gasteiger partial charge on any atom is 0.345 e. The summed E-state index contributed by atoms with van der Waals surface area (Å²) in [5.41, 5.74) is 3.60. The van der Waals surface area contributed by atoms with Gasteiger partial charge in [0.05, 0.1) is 16.8 Å². The number of nitrogens with zero attached hydrogens (tertiary/aromatic N) is 1. The van der Waals surface area contributed by atoms with Crippen LogP contribution in [0, 0.1) is 0 Å². The van der Waals surface area contributed by atoms with Crippen LogP contribution in [0.3, 0.4) is 0 Å². The molecule has 3 rings (SSSR count). The highest BCUT2D eigenvalue weighted by Crippen LogP contribution is 2.23. The number of esters is 1. The highest BCUT2D eigenvalue weighted by molar-refractivity contribution is 6.36. The molecule has 0 unspecified atom stereocenters. The van der Waals surface area contributed by atoms with Gasteiger partial charge in [-0.15, -0.1) is 0 Å². The van der Waals surface area contributed by atoms with Gasteiger partial charge >= 0.3 is 5.97 Å². The van der Waals surface area contributed by atoms with Crippen LogP contribution in [0.25, 0.3) is 0 Å². The van der Waals surface area contributed by atoms with E-state index >= 15 is 0 Å². The molecular formula is C22H16Cl2N2O4. The number of benzene rings is 3. The molecule has 0 spiro atoms. The lowest BCUT2D eigenvalue weighted by molar-refractivity contribution is -0.129. The largest absolute Gasteiger partial charge is 0.423 e. The van der Waals surface area contributed by atoms with Gasteiger partial charge in [-0.1, -0.05) is 53.5 Å². The third kappa shape index (κ3) is 5.67. The molecule has 0 fully saturated rings. The standard InChI is InChI=1S/C22H16Cl2N2O4/c23-16-8-11-18(19(24)12-16)22(29)30-17-9-6-14(7-10-17)13-25-26-21(28)20(27)15-4-2-1-3-5-15/h1-13,20,27H,(H,26,28)/b25-13-/t20-/m1/s1. The maximum atomic E-state index is 12.2. The molecule has 0 heterocycles. The Balaban J connectivity index is 1.56. The summed E-state index contributed by atoms with van der Waals surface area (Å²) < 4.78 is 5.29. The number of hydrogen-bond acceptors (Lipinski definition) is 5. The van der Waals surface area contributed by atoms with Gasteiger partial charge in [0.2, 0.25) is 0 Å². The quantitative estimate of drug-likeness (QED) is 0.256. The van der Waals surface area contributed by atoms with Crippen LogP contribution in [0.5, 0.6) is 5.75 Å². The number of halogens is 2. The second-order valence-corrected chi connectivity index (χ2v) is 6.97. The van der Waals surface area contributed by atoms with Crippen molar-refractivity contribution in [3.05, 3.63) is 99.5 Å². The first-order valence-corrected chi connectivity index (χ1v) is 9.53. The number of carbonyl (C=O) groups excluding carboxylic acids is 2. The zero-order valence-corrected chi connectivity index (χ0v) is 17.0. The third-order valence-corrected chi connectivity index (χ3v) is 4.54. The van der Waals surface area contributed by atoms with E-state index in [1.807, 2.05) is 0 Å². The fraction of sp³-hybridized carbons (Fsp3) is 0.0455. The van der Waals surface area contributed by atoms with Crippen molar-refractivity contribution in [2.24, 2.45) is 5.10 Å². The van der Waals surface area contributed by atoms with E-state index in [9.17, 15) is 14.7 Å². The Morgan fingerprint density at radius 3 is 2.37 bits per heavy atom. The summed E-state index contributed by atoms with van der Waals surface area (Å²) in [5.74, 6) is -0.949. The Kier molecular flexibility index (Phi) is 7.19. The molecule has 1 atom stereocenters. The Labute approximate surface area is 182 Å². The first-order valence-electron chi connectivity index (χ1n) is 8.77. The molecule has 0 radical (unpaired) electrons. The first-order chi connectivity index (χ1) is 14.4. The zero-order valence-electron chi connectivity index (χ0n) is 15.5. The van der Waals surface area contributed by atoms with E-state index in [2.05, 4.69) is 10.5 Å². The Bertz CT molecular complexity index is 1070. The van der Waals surface area contributed by atoms with E-state index in [0.717, 1.165) is 0 Å². The summed E-state index contributed by atoms with van der Waals surface area (Å²) in [5, 5.41) is 14.4. The topological polar surface area (TPSA) is 88.0 Å². The monoisotopic (exact) mass is 442 g/mol. The van der Waals surface area contributed by atoms with Crippen molar-refractivity contribution in [1.29, 1.82) is 0 Å². The van der Waals surface area contributed by atoms with E-state index < -0.39 is 18.0 Å². The van der Waals surface area contributed by atoms with Crippen LogP contribution in [-0.4, -0.2) is 23.2 Å². The molecule has 0 aromatic heterocycles. The number of amides is 1. The van der Waals surface area contributed by atoms with Crippen LogP contribution in [0.4, 0.5) is 0 Å². The summed E-state index contributed by atoms with van der Waals surface area (Å²) >= 11 is 11.8. The van der Waals surface area contributed by atoms with Crippen LogP contribution in [0.2, 0.25) is 10.0 Å². The Hall–Kier alpha value is -3.19. The Morgan fingerprint density at radius 1 is 1.00 bits per heavy atom. The third-order valence-electron chi connectivity index (χ3n) is 3.99. The number of aliphatic hydroxyl groups excluding tert-OH is 1. The number of rotatable bonds is 6. The van der Waals surface area contributed by atoms with Crippen LogP contribution < -0.4 is 10.2 Å². The van der Waals surface area contributed by atoms with Crippen molar-refractivity contribution in [3.63, 3.8) is 0 Å². The van der Waals surface area contributed by atoms with Crippen LogP contribution in [0.1, 0.15) is 27.6 Å². The number of carbonyl (C=O) groups is 2. The van der Waals surface area contributed by atoms with Gasteiger partial charge in [-0.3, -0.25) is 4.79 Å². The lowest BCUT2D eigenvalue weighted by Crippen LogP contribution is -2.25. The molecule has 0 saturated carbocycles. The molecule has 8 heteroatoms. The van der Waals surface area contributed by atoms with Gasteiger partial charge in [-0.2, -0.15) is 5.10 Å². The maximum absolute atomic E-state index is 12.2. The van der Waals surface area contributed by atoms with Gasteiger partial charge in [-0.25, -0.2) is 10.2 Å². The summed E-state index contributed by atoms with van der Waals surface area (Å²) in [6, 6.07) is 19.5. The average Bonchev–Trinajstić information content (AvgIpc) is 2.75. The highest BCUT2D eigenvalue weighted by Gasteiger charge is 2.16. The number of hydrogen-bond donors (Lipinski definition) is 2. The molecule has 1 amide bonds. The van der Waals surface area contributed by atoms with Gasteiger partial charge in [0.1, 0.15) is 5.75 Å². The molecular weight excluding hydrogens is 427 g/mol. The zero-order chi connectivity index (χ0) is 21.5. The fourth-order valence-electron chi connectivity index (χ4n) is 2.46. The van der Waals surface area contributed by atoms with Crippen molar-refractivity contribution < 1.29 is 19.4 Å². The molecule has 2 N–H and O–H groups in total. The molecule has 0 saturated heterocycles. The molecule has 3 aromatic rings. The lowest BCUT2D eigenvalue weighted by Gasteiger charge is -2.08.